The molecule has 0 saturated heterocycles. The predicted molar refractivity (Wildman–Crippen MR) is 44.7 cm³/mol. The smallest absolute Gasteiger partial charge is 0.305 e. The molecule has 0 aliphatic heterocycles. The van der Waals surface area contributed by atoms with Crippen molar-refractivity contribution in [3.05, 3.63) is 12.7 Å². The van der Waals surface area contributed by atoms with Crippen LogP contribution in [0.2, 0.25) is 0 Å². The van der Waals surface area contributed by atoms with Crippen LogP contribution in [0.4, 0.5) is 0 Å². The van der Waals surface area contributed by atoms with E-state index in [4.69, 9.17) is 5.11 Å². The van der Waals surface area contributed by atoms with Gasteiger partial charge in [-0.05, 0) is 0 Å². The van der Waals surface area contributed by atoms with Gasteiger partial charge in [-0.15, -0.1) is 6.58 Å². The van der Waals surface area contributed by atoms with Crippen LogP contribution in [0.3, 0.4) is 0 Å². The van der Waals surface area contributed by atoms with Gasteiger partial charge in [0.2, 0.25) is 5.91 Å². The number of amides is 1. The molecule has 4 heteroatoms. The summed E-state index contributed by atoms with van der Waals surface area (Å²) in [5, 5.41) is 8.35. The standard InChI is InChI=1S/C8H13NO3/c1-3-5-9(7(2)10)6-4-8(11)12/h3H,1,4-6H2,2H3,(H,11,12). The normalized spacial score (nSPS) is 9.08. The highest BCUT2D eigenvalue weighted by molar-refractivity contribution is 5.74. The van der Waals surface area contributed by atoms with Crippen molar-refractivity contribution >= 4 is 11.9 Å². The molecule has 0 aromatic heterocycles. The van der Waals surface area contributed by atoms with Crippen LogP contribution in [0.15, 0.2) is 12.7 Å². The highest BCUT2D eigenvalue weighted by Gasteiger charge is 2.07. The fourth-order valence-electron chi connectivity index (χ4n) is 0.764. The molecule has 0 rings (SSSR count). The SMILES string of the molecule is C=CCN(CCC(=O)O)C(C)=O. The van der Waals surface area contributed by atoms with Crippen LogP contribution in [-0.2, 0) is 9.59 Å². The van der Waals surface area contributed by atoms with Gasteiger partial charge in [-0.2, -0.15) is 0 Å². The fourth-order valence-corrected chi connectivity index (χ4v) is 0.764. The van der Waals surface area contributed by atoms with Gasteiger partial charge in [-0.1, -0.05) is 6.08 Å². The number of carbonyl (C=O) groups excluding carboxylic acids is 1. The third kappa shape index (κ3) is 4.49. The summed E-state index contributed by atoms with van der Waals surface area (Å²) in [6, 6.07) is 0. The number of hydrogen-bond donors (Lipinski definition) is 1. The number of carboxylic acids is 1. The summed E-state index contributed by atoms with van der Waals surface area (Å²) in [4.78, 5) is 22.4. The molecule has 4 nitrogen and oxygen atoms in total. The van der Waals surface area contributed by atoms with E-state index in [9.17, 15) is 9.59 Å². The summed E-state index contributed by atoms with van der Waals surface area (Å²) in [7, 11) is 0. The highest BCUT2D eigenvalue weighted by Crippen LogP contribution is 1.92. The minimum absolute atomic E-state index is 0.0204. The van der Waals surface area contributed by atoms with Crippen molar-refractivity contribution in [2.45, 2.75) is 13.3 Å². The van der Waals surface area contributed by atoms with E-state index in [1.165, 1.54) is 11.8 Å². The monoisotopic (exact) mass is 171 g/mol. The van der Waals surface area contributed by atoms with E-state index in [2.05, 4.69) is 6.58 Å². The Morgan fingerprint density at radius 2 is 2.17 bits per heavy atom. The first-order chi connectivity index (χ1) is 5.57. The highest BCUT2D eigenvalue weighted by atomic mass is 16.4. The fraction of sp³-hybridized carbons (Fsp3) is 0.500. The van der Waals surface area contributed by atoms with Gasteiger partial charge in [0.15, 0.2) is 0 Å². The molecule has 0 unspecified atom stereocenters. The molecule has 1 N–H and O–H groups in total. The number of carbonyl (C=O) groups is 2. The molecule has 12 heavy (non-hydrogen) atoms. The zero-order chi connectivity index (χ0) is 9.56. The summed E-state index contributed by atoms with van der Waals surface area (Å²) < 4.78 is 0. The number of nitrogens with zero attached hydrogens (tertiary/aromatic N) is 1. The Morgan fingerprint density at radius 3 is 2.50 bits per heavy atom. The maximum absolute atomic E-state index is 10.8. The maximum atomic E-state index is 10.8. The summed E-state index contributed by atoms with van der Waals surface area (Å²) in [5.74, 6) is -1.03. The second kappa shape index (κ2) is 5.35. The zero-order valence-corrected chi connectivity index (χ0v) is 7.12. The molecule has 0 spiro atoms. The van der Waals surface area contributed by atoms with Crippen LogP contribution in [0.1, 0.15) is 13.3 Å². The Balaban J connectivity index is 3.86. The van der Waals surface area contributed by atoms with Gasteiger partial charge >= 0.3 is 5.97 Å². The van der Waals surface area contributed by atoms with Crippen LogP contribution >= 0.6 is 0 Å². The molecule has 1 amide bonds. The van der Waals surface area contributed by atoms with Crippen LogP contribution in [0.5, 0.6) is 0 Å². The first-order valence-corrected chi connectivity index (χ1v) is 3.66. The van der Waals surface area contributed by atoms with Crippen molar-refractivity contribution in [1.82, 2.24) is 4.90 Å². The van der Waals surface area contributed by atoms with Gasteiger partial charge in [0.1, 0.15) is 0 Å². The summed E-state index contributed by atoms with van der Waals surface area (Å²) in [6.45, 7) is 5.53. The third-order valence-electron chi connectivity index (χ3n) is 1.39. The Labute approximate surface area is 71.5 Å². The Morgan fingerprint density at radius 1 is 1.58 bits per heavy atom. The second-order valence-corrected chi connectivity index (χ2v) is 2.40. The van der Waals surface area contributed by atoms with Gasteiger partial charge in [-0.3, -0.25) is 9.59 Å². The van der Waals surface area contributed by atoms with E-state index in [1.807, 2.05) is 0 Å². The summed E-state index contributed by atoms with van der Waals surface area (Å²) in [6.07, 6.45) is 1.55. The number of rotatable bonds is 5. The Bertz CT molecular complexity index is 189. The Kier molecular flexibility index (Phi) is 4.76. The average Bonchev–Trinajstić information content (AvgIpc) is 1.96. The lowest BCUT2D eigenvalue weighted by Gasteiger charge is -2.17. The van der Waals surface area contributed by atoms with Gasteiger partial charge < -0.3 is 10.0 Å². The van der Waals surface area contributed by atoms with Crippen LogP contribution in [0.25, 0.3) is 0 Å². The maximum Gasteiger partial charge on any atom is 0.305 e. The largest absolute Gasteiger partial charge is 0.481 e. The summed E-state index contributed by atoms with van der Waals surface area (Å²) >= 11 is 0. The minimum atomic E-state index is -0.898. The molecule has 0 aromatic rings. The average molecular weight is 171 g/mol. The minimum Gasteiger partial charge on any atom is -0.481 e. The van der Waals surface area contributed by atoms with Crippen LogP contribution in [-0.4, -0.2) is 35.0 Å². The van der Waals surface area contributed by atoms with Gasteiger partial charge in [-0.25, -0.2) is 0 Å². The topological polar surface area (TPSA) is 57.6 Å². The third-order valence-corrected chi connectivity index (χ3v) is 1.39. The van der Waals surface area contributed by atoms with Crippen LogP contribution in [0, 0.1) is 0 Å². The van der Waals surface area contributed by atoms with E-state index in [-0.39, 0.29) is 18.9 Å². The molecule has 0 aromatic carbocycles. The van der Waals surface area contributed by atoms with E-state index in [1.54, 1.807) is 6.08 Å². The number of aliphatic carboxylic acids is 1. The molecule has 0 aliphatic rings. The van der Waals surface area contributed by atoms with Crippen molar-refractivity contribution < 1.29 is 14.7 Å². The van der Waals surface area contributed by atoms with Crippen molar-refractivity contribution in [3.63, 3.8) is 0 Å². The molecule has 0 bridgehead atoms. The van der Waals surface area contributed by atoms with Crippen LogP contribution < -0.4 is 0 Å². The molecule has 0 saturated carbocycles. The molecule has 0 aliphatic carbocycles. The van der Waals surface area contributed by atoms with E-state index < -0.39 is 5.97 Å². The number of carboxylic acid groups (broad SMARTS) is 1. The molecule has 0 heterocycles. The zero-order valence-electron chi connectivity index (χ0n) is 7.12. The number of hydrogen-bond acceptors (Lipinski definition) is 2. The van der Waals surface area contributed by atoms with Gasteiger partial charge in [0.25, 0.3) is 0 Å². The Hall–Kier alpha value is -1.32. The molecule has 0 atom stereocenters. The quantitative estimate of drug-likeness (QED) is 0.612. The first-order valence-electron chi connectivity index (χ1n) is 3.66. The molecule has 0 fully saturated rings. The molecular weight excluding hydrogens is 158 g/mol. The van der Waals surface area contributed by atoms with E-state index >= 15 is 0 Å². The molecule has 68 valence electrons. The first kappa shape index (κ1) is 10.7. The second-order valence-electron chi connectivity index (χ2n) is 2.40. The van der Waals surface area contributed by atoms with E-state index in [0.29, 0.717) is 6.54 Å². The lowest BCUT2D eigenvalue weighted by atomic mass is 10.3. The van der Waals surface area contributed by atoms with Crippen molar-refractivity contribution in [2.75, 3.05) is 13.1 Å². The van der Waals surface area contributed by atoms with Crippen molar-refractivity contribution in [2.24, 2.45) is 0 Å². The predicted octanol–water partition coefficient (Wildman–Crippen LogP) is 0.496. The molecule has 0 radical (unpaired) electrons. The van der Waals surface area contributed by atoms with Crippen molar-refractivity contribution in [3.8, 4) is 0 Å². The van der Waals surface area contributed by atoms with E-state index in [0.717, 1.165) is 0 Å². The molecular formula is C8H13NO3. The van der Waals surface area contributed by atoms with Gasteiger partial charge in [0, 0.05) is 20.0 Å². The lowest BCUT2D eigenvalue weighted by molar-refractivity contribution is -0.138. The van der Waals surface area contributed by atoms with Crippen molar-refractivity contribution in [1.29, 1.82) is 0 Å². The van der Waals surface area contributed by atoms with Gasteiger partial charge in [0.05, 0.1) is 6.42 Å². The lowest BCUT2D eigenvalue weighted by Crippen LogP contribution is -2.30. The summed E-state index contributed by atoms with van der Waals surface area (Å²) in [5.41, 5.74) is 0.